The fourth-order valence-electron chi connectivity index (χ4n) is 1.89. The second-order valence-electron chi connectivity index (χ2n) is 4.79. The van der Waals surface area contributed by atoms with Crippen molar-refractivity contribution in [2.24, 2.45) is 0 Å². The molecule has 1 aliphatic carbocycles. The number of nitrogen functional groups attached to an aromatic ring is 1. The molecule has 2 aromatic rings. The average Bonchev–Trinajstić information content (AvgIpc) is 3.22. The van der Waals surface area contributed by atoms with E-state index in [0.29, 0.717) is 18.3 Å². The Morgan fingerprint density at radius 3 is 2.63 bits per heavy atom. The predicted octanol–water partition coefficient (Wildman–Crippen LogP) is 3.20. The molecule has 3 N–H and O–H groups in total. The minimum atomic E-state index is 0.500. The molecule has 1 aliphatic rings. The van der Waals surface area contributed by atoms with Crippen LogP contribution < -0.4 is 11.1 Å². The molecule has 0 aliphatic heterocycles. The summed E-state index contributed by atoms with van der Waals surface area (Å²) in [5.41, 5.74) is 6.95. The van der Waals surface area contributed by atoms with Crippen LogP contribution in [0.1, 0.15) is 30.1 Å². The summed E-state index contributed by atoms with van der Waals surface area (Å²) in [6.07, 6.45) is 2.33. The van der Waals surface area contributed by atoms with Gasteiger partial charge in [0.2, 0.25) is 0 Å². The van der Waals surface area contributed by atoms with Gasteiger partial charge in [0.1, 0.15) is 17.5 Å². The largest absolute Gasteiger partial charge is 0.384 e. The molecule has 0 spiro atoms. The van der Waals surface area contributed by atoms with Gasteiger partial charge in [-0.15, -0.1) is 0 Å². The molecule has 0 radical (unpaired) electrons. The van der Waals surface area contributed by atoms with E-state index in [4.69, 9.17) is 17.3 Å². The van der Waals surface area contributed by atoms with E-state index in [-0.39, 0.29) is 0 Å². The van der Waals surface area contributed by atoms with Gasteiger partial charge in [-0.25, -0.2) is 9.97 Å². The molecule has 1 aromatic heterocycles. The fraction of sp³-hybridized carbons (Fsp3) is 0.286. The molecule has 4 nitrogen and oxygen atoms in total. The van der Waals surface area contributed by atoms with Crippen LogP contribution in [0, 0.1) is 0 Å². The molecule has 19 heavy (non-hydrogen) atoms. The van der Waals surface area contributed by atoms with Crippen LogP contribution in [-0.4, -0.2) is 9.97 Å². The molecule has 1 heterocycles. The normalized spacial score (nSPS) is 14.4. The highest BCUT2D eigenvalue weighted by molar-refractivity contribution is 6.30. The summed E-state index contributed by atoms with van der Waals surface area (Å²) in [6.45, 7) is 0.692. The number of nitrogens with one attached hydrogen (secondary N) is 1. The second-order valence-corrected chi connectivity index (χ2v) is 5.23. The molecule has 1 fully saturated rings. The van der Waals surface area contributed by atoms with E-state index in [9.17, 15) is 0 Å². The number of hydrogen-bond acceptors (Lipinski definition) is 4. The SMILES string of the molecule is Nc1cc(NCc2ccc(Cl)cc2)nc(C2CC2)n1. The molecule has 98 valence electrons. The summed E-state index contributed by atoms with van der Waals surface area (Å²) in [5, 5.41) is 4.01. The van der Waals surface area contributed by atoms with Gasteiger partial charge in [-0.2, -0.15) is 0 Å². The van der Waals surface area contributed by atoms with Crippen LogP contribution in [-0.2, 0) is 6.54 Å². The van der Waals surface area contributed by atoms with Gasteiger partial charge < -0.3 is 11.1 Å². The van der Waals surface area contributed by atoms with E-state index in [1.165, 1.54) is 12.8 Å². The summed E-state index contributed by atoms with van der Waals surface area (Å²) in [4.78, 5) is 8.77. The Bertz CT molecular complexity index is 578. The van der Waals surface area contributed by atoms with E-state index in [1.807, 2.05) is 24.3 Å². The number of halogens is 1. The van der Waals surface area contributed by atoms with Gasteiger partial charge >= 0.3 is 0 Å². The van der Waals surface area contributed by atoms with Gasteiger partial charge in [-0.3, -0.25) is 0 Å². The molecular weight excluding hydrogens is 260 g/mol. The number of benzene rings is 1. The molecule has 3 rings (SSSR count). The van der Waals surface area contributed by atoms with Crippen LogP contribution in [0.2, 0.25) is 5.02 Å². The number of nitrogens with zero attached hydrogens (tertiary/aromatic N) is 2. The van der Waals surface area contributed by atoms with E-state index < -0.39 is 0 Å². The first kappa shape index (κ1) is 12.2. The zero-order valence-corrected chi connectivity index (χ0v) is 11.2. The maximum Gasteiger partial charge on any atom is 0.136 e. The number of aromatic nitrogens is 2. The number of hydrogen-bond donors (Lipinski definition) is 2. The highest BCUT2D eigenvalue weighted by atomic mass is 35.5. The summed E-state index contributed by atoms with van der Waals surface area (Å²) in [7, 11) is 0. The molecule has 0 amide bonds. The van der Waals surface area contributed by atoms with Crippen LogP contribution in [0.4, 0.5) is 11.6 Å². The third-order valence-electron chi connectivity index (χ3n) is 3.09. The Labute approximate surface area is 117 Å². The zero-order valence-electron chi connectivity index (χ0n) is 10.4. The monoisotopic (exact) mass is 274 g/mol. The van der Waals surface area contributed by atoms with Gasteiger partial charge in [0.05, 0.1) is 0 Å². The van der Waals surface area contributed by atoms with Crippen molar-refractivity contribution in [2.45, 2.75) is 25.3 Å². The first-order valence-corrected chi connectivity index (χ1v) is 6.71. The van der Waals surface area contributed by atoms with Crippen LogP contribution in [0.3, 0.4) is 0 Å². The van der Waals surface area contributed by atoms with Crippen molar-refractivity contribution in [1.29, 1.82) is 0 Å². The molecule has 1 saturated carbocycles. The maximum absolute atomic E-state index is 5.85. The summed E-state index contributed by atoms with van der Waals surface area (Å²) in [6, 6.07) is 9.50. The Morgan fingerprint density at radius 2 is 1.95 bits per heavy atom. The lowest BCUT2D eigenvalue weighted by Crippen LogP contribution is -2.06. The average molecular weight is 275 g/mol. The van der Waals surface area contributed by atoms with Gasteiger partial charge in [0.15, 0.2) is 0 Å². The third-order valence-corrected chi connectivity index (χ3v) is 3.34. The predicted molar refractivity (Wildman–Crippen MR) is 77.2 cm³/mol. The van der Waals surface area contributed by atoms with E-state index in [0.717, 1.165) is 22.2 Å². The Kier molecular flexibility index (Phi) is 3.25. The molecule has 0 unspecified atom stereocenters. The van der Waals surface area contributed by atoms with Crippen molar-refractivity contribution < 1.29 is 0 Å². The molecule has 0 atom stereocenters. The van der Waals surface area contributed by atoms with Gasteiger partial charge in [0.25, 0.3) is 0 Å². The van der Waals surface area contributed by atoms with Crippen molar-refractivity contribution in [2.75, 3.05) is 11.1 Å². The van der Waals surface area contributed by atoms with Crippen molar-refractivity contribution in [1.82, 2.24) is 9.97 Å². The summed E-state index contributed by atoms with van der Waals surface area (Å²) < 4.78 is 0. The number of nitrogens with two attached hydrogens (primary N) is 1. The third kappa shape index (κ3) is 3.15. The maximum atomic E-state index is 5.85. The minimum Gasteiger partial charge on any atom is -0.384 e. The Morgan fingerprint density at radius 1 is 1.21 bits per heavy atom. The topological polar surface area (TPSA) is 63.8 Å². The van der Waals surface area contributed by atoms with Gasteiger partial charge in [-0.05, 0) is 30.5 Å². The smallest absolute Gasteiger partial charge is 0.136 e. The van der Waals surface area contributed by atoms with Crippen LogP contribution in [0.25, 0.3) is 0 Å². The molecule has 0 bridgehead atoms. The summed E-state index contributed by atoms with van der Waals surface area (Å²) in [5.74, 6) is 2.66. The molecule has 5 heteroatoms. The first-order valence-electron chi connectivity index (χ1n) is 6.33. The highest BCUT2D eigenvalue weighted by Crippen LogP contribution is 2.38. The number of anilines is 2. The lowest BCUT2D eigenvalue weighted by atomic mass is 10.2. The molecule has 0 saturated heterocycles. The lowest BCUT2D eigenvalue weighted by molar-refractivity contribution is 0.926. The van der Waals surface area contributed by atoms with Crippen molar-refractivity contribution >= 4 is 23.2 Å². The van der Waals surface area contributed by atoms with Crippen LogP contribution in [0.5, 0.6) is 0 Å². The van der Waals surface area contributed by atoms with Gasteiger partial charge in [0, 0.05) is 23.6 Å². The van der Waals surface area contributed by atoms with Crippen molar-refractivity contribution in [3.63, 3.8) is 0 Å². The second kappa shape index (κ2) is 5.05. The Balaban J connectivity index is 1.70. The van der Waals surface area contributed by atoms with Crippen molar-refractivity contribution in [3.05, 3.63) is 46.7 Å². The standard InChI is InChI=1S/C14H15ClN4/c15-11-5-1-9(2-6-11)8-17-13-7-12(16)18-14(19-13)10-3-4-10/h1-2,5-7,10H,3-4,8H2,(H3,16,17,18,19). The highest BCUT2D eigenvalue weighted by Gasteiger charge is 2.27. The zero-order chi connectivity index (χ0) is 13.2. The van der Waals surface area contributed by atoms with Crippen LogP contribution in [0.15, 0.2) is 30.3 Å². The van der Waals surface area contributed by atoms with E-state index in [2.05, 4.69) is 15.3 Å². The van der Waals surface area contributed by atoms with Crippen LogP contribution >= 0.6 is 11.6 Å². The fourth-order valence-corrected chi connectivity index (χ4v) is 2.02. The minimum absolute atomic E-state index is 0.500. The van der Waals surface area contributed by atoms with Crippen molar-refractivity contribution in [3.8, 4) is 0 Å². The first-order chi connectivity index (χ1) is 9.20. The van der Waals surface area contributed by atoms with E-state index in [1.54, 1.807) is 6.07 Å². The summed E-state index contributed by atoms with van der Waals surface area (Å²) >= 11 is 5.85. The quantitative estimate of drug-likeness (QED) is 0.899. The lowest BCUT2D eigenvalue weighted by Gasteiger charge is -2.08. The molecular formula is C14H15ClN4. The van der Waals surface area contributed by atoms with Gasteiger partial charge in [-0.1, -0.05) is 23.7 Å². The number of rotatable bonds is 4. The Hall–Kier alpha value is -1.81. The molecule has 1 aromatic carbocycles. The van der Waals surface area contributed by atoms with E-state index >= 15 is 0 Å².